The largest absolute Gasteiger partial charge is 0.459 e. The maximum Gasteiger partial charge on any atom is 0.311 e. The van der Waals surface area contributed by atoms with Crippen molar-refractivity contribution >= 4 is 5.97 Å². The number of rotatable bonds is 10. The van der Waals surface area contributed by atoms with Crippen LogP contribution in [-0.4, -0.2) is 172 Å². The first-order valence-corrected chi connectivity index (χ1v) is 20.4. The minimum atomic E-state index is -1.83. The number of likely N-dealkylation sites (N-methyl/N-ethyl adjacent to an activating group) is 1. The third-order valence-electron chi connectivity index (χ3n) is 12.7. The zero-order valence-electron chi connectivity index (χ0n) is 35.9. The van der Waals surface area contributed by atoms with Crippen molar-refractivity contribution in [3.8, 4) is 0 Å². The number of methoxy groups -OCH3 is 1. The van der Waals surface area contributed by atoms with Crippen molar-refractivity contribution < 1.29 is 58.7 Å². The van der Waals surface area contributed by atoms with Gasteiger partial charge >= 0.3 is 5.97 Å². The standard InChI is InChI=1S/C40H77N3O12/c1-14-29-40(10,49)33(45)26(6)43(17-15-16-41)21-22(2)19-38(8,48)35(55-37-31(44)28(42(11)12)18-23(3)51-37)24(4)32(25(5)36(47)53-29)54-30-20-39(9,50-13)34(46)27(7)52-30/h22-35,37,44-46,48-49H,14-21,41H2,1-13H3/t22-,23-,24+,25-,26-,27+,28+,29-,30+,31-,32+,33-,34+,35-,37+,38?,39-,40-/m1/s1. The number of cyclic esters (lactones) is 1. The fourth-order valence-corrected chi connectivity index (χ4v) is 9.19. The van der Waals surface area contributed by atoms with Crippen molar-refractivity contribution in [2.24, 2.45) is 23.5 Å². The van der Waals surface area contributed by atoms with E-state index in [2.05, 4.69) is 4.90 Å². The van der Waals surface area contributed by atoms with Crippen molar-refractivity contribution in [3.05, 3.63) is 0 Å². The van der Waals surface area contributed by atoms with E-state index in [1.807, 2.05) is 46.7 Å². The summed E-state index contributed by atoms with van der Waals surface area (Å²) in [6.07, 6.45) is -7.77. The molecule has 0 aromatic carbocycles. The normalized spacial score (nSPS) is 47.6. The molecule has 0 spiro atoms. The highest BCUT2D eigenvalue weighted by Gasteiger charge is 2.52. The number of nitrogens with two attached hydrogens (primary N) is 1. The molecule has 0 aromatic heterocycles. The summed E-state index contributed by atoms with van der Waals surface area (Å²) in [5.41, 5.74) is 1.47. The number of hydrogen-bond donors (Lipinski definition) is 6. The van der Waals surface area contributed by atoms with E-state index in [0.29, 0.717) is 32.5 Å². The van der Waals surface area contributed by atoms with Gasteiger partial charge in [-0.05, 0) is 107 Å². The molecule has 3 heterocycles. The Morgan fingerprint density at radius 2 is 1.60 bits per heavy atom. The maximum absolute atomic E-state index is 14.3. The van der Waals surface area contributed by atoms with Gasteiger partial charge in [-0.2, -0.15) is 0 Å². The predicted octanol–water partition coefficient (Wildman–Crippen LogP) is 1.62. The summed E-state index contributed by atoms with van der Waals surface area (Å²) in [5, 5.41) is 58.9. The lowest BCUT2D eigenvalue weighted by molar-refractivity contribution is -0.318. The van der Waals surface area contributed by atoms with Gasteiger partial charge in [0, 0.05) is 38.1 Å². The van der Waals surface area contributed by atoms with Gasteiger partial charge in [-0.15, -0.1) is 0 Å². The van der Waals surface area contributed by atoms with Crippen molar-refractivity contribution in [1.29, 1.82) is 0 Å². The summed E-state index contributed by atoms with van der Waals surface area (Å²) < 4.78 is 37.7. The van der Waals surface area contributed by atoms with Crippen LogP contribution in [0.25, 0.3) is 0 Å². The average Bonchev–Trinajstić information content (AvgIpc) is 3.11. The Hall–Kier alpha value is -1.05. The number of aliphatic hydroxyl groups is 5. The number of carbonyl (C=O) groups excluding carboxylic acids is 1. The van der Waals surface area contributed by atoms with Gasteiger partial charge in [-0.25, -0.2) is 0 Å². The molecule has 0 radical (unpaired) electrons. The monoisotopic (exact) mass is 792 g/mol. The smallest absolute Gasteiger partial charge is 0.311 e. The first-order valence-electron chi connectivity index (χ1n) is 20.4. The number of carbonyl (C=O) groups is 1. The third-order valence-corrected chi connectivity index (χ3v) is 12.7. The molecule has 7 N–H and O–H groups in total. The predicted molar refractivity (Wildman–Crippen MR) is 207 cm³/mol. The van der Waals surface area contributed by atoms with Crippen molar-refractivity contribution in [2.75, 3.05) is 40.8 Å². The van der Waals surface area contributed by atoms with Crippen LogP contribution in [0.3, 0.4) is 0 Å². The van der Waals surface area contributed by atoms with Crippen molar-refractivity contribution in [3.63, 3.8) is 0 Å². The van der Waals surface area contributed by atoms with Crippen LogP contribution in [0.15, 0.2) is 0 Å². The molecule has 3 saturated heterocycles. The lowest BCUT2D eigenvalue weighted by atomic mass is 9.77. The van der Waals surface area contributed by atoms with Crippen LogP contribution in [0, 0.1) is 17.8 Å². The summed E-state index contributed by atoms with van der Waals surface area (Å²) in [6.45, 7) is 19.0. The lowest BCUT2D eigenvalue weighted by Gasteiger charge is -2.48. The van der Waals surface area contributed by atoms with E-state index >= 15 is 0 Å². The average molecular weight is 792 g/mol. The zero-order chi connectivity index (χ0) is 41.8. The molecule has 15 nitrogen and oxygen atoms in total. The summed E-state index contributed by atoms with van der Waals surface area (Å²) in [5.74, 6) is -2.66. The molecule has 55 heavy (non-hydrogen) atoms. The molecule has 3 fully saturated rings. The second-order valence-corrected chi connectivity index (χ2v) is 17.9. The van der Waals surface area contributed by atoms with Crippen LogP contribution >= 0.6 is 0 Å². The number of esters is 1. The SMILES string of the molecule is CC[C@H]1OC(=O)[C@H](C)[C@@H](O[C@H]2C[C@@](C)(OC)[C@@H](O)[C@H](C)O2)[C@H](C)[C@@H](O[C@@H]2O[C@H](C)C[C@H](N(C)C)[C@H]2O)C(C)(O)C[C@@H](C)CN(CCCN)[C@H](C)[C@@H](O)[C@]1(C)O. The van der Waals surface area contributed by atoms with Gasteiger partial charge < -0.3 is 64.6 Å². The van der Waals surface area contributed by atoms with Gasteiger partial charge in [0.05, 0.1) is 41.5 Å². The van der Waals surface area contributed by atoms with Crippen LogP contribution in [0.5, 0.6) is 0 Å². The summed E-state index contributed by atoms with van der Waals surface area (Å²) in [4.78, 5) is 18.3. The number of nitrogens with zero attached hydrogens (tertiary/aromatic N) is 2. The minimum absolute atomic E-state index is 0.125. The van der Waals surface area contributed by atoms with E-state index in [1.165, 1.54) is 14.0 Å². The zero-order valence-corrected chi connectivity index (χ0v) is 35.9. The number of ether oxygens (including phenoxy) is 6. The Kier molecular flexibility index (Phi) is 17.4. The second kappa shape index (κ2) is 19.8. The molecule has 3 rings (SSSR count). The Balaban J connectivity index is 2.20. The highest BCUT2D eigenvalue weighted by atomic mass is 16.7. The summed E-state index contributed by atoms with van der Waals surface area (Å²) in [6, 6.07) is -0.855. The van der Waals surface area contributed by atoms with E-state index < -0.39 is 96.0 Å². The molecule has 15 heteroatoms. The molecule has 324 valence electrons. The first kappa shape index (κ1) is 48.3. The van der Waals surface area contributed by atoms with Gasteiger partial charge in [0.1, 0.15) is 30.0 Å². The topological polar surface area (TPSA) is 206 Å². The Bertz CT molecular complexity index is 1200. The fourth-order valence-electron chi connectivity index (χ4n) is 9.19. The molecule has 18 atom stereocenters. The minimum Gasteiger partial charge on any atom is -0.459 e. The van der Waals surface area contributed by atoms with E-state index in [4.69, 9.17) is 34.2 Å². The van der Waals surface area contributed by atoms with Gasteiger partial charge in [0.25, 0.3) is 0 Å². The van der Waals surface area contributed by atoms with Crippen LogP contribution < -0.4 is 5.73 Å². The van der Waals surface area contributed by atoms with Crippen LogP contribution in [0.2, 0.25) is 0 Å². The second-order valence-electron chi connectivity index (χ2n) is 17.9. The fraction of sp³-hybridized carbons (Fsp3) is 0.975. The highest BCUT2D eigenvalue weighted by Crippen LogP contribution is 2.40. The van der Waals surface area contributed by atoms with Gasteiger partial charge in [-0.3, -0.25) is 9.69 Å². The lowest BCUT2D eigenvalue weighted by Crippen LogP contribution is -2.60. The van der Waals surface area contributed by atoms with Crippen LogP contribution in [-0.2, 0) is 33.2 Å². The highest BCUT2D eigenvalue weighted by molar-refractivity contribution is 5.73. The molecule has 0 amide bonds. The summed E-state index contributed by atoms with van der Waals surface area (Å²) in [7, 11) is 5.28. The van der Waals surface area contributed by atoms with Gasteiger partial charge in [-0.1, -0.05) is 20.8 Å². The molecular formula is C40H77N3O12. The van der Waals surface area contributed by atoms with E-state index in [0.717, 1.165) is 0 Å². The molecule has 0 aromatic rings. The van der Waals surface area contributed by atoms with E-state index in [9.17, 15) is 30.3 Å². The van der Waals surface area contributed by atoms with Crippen LogP contribution in [0.1, 0.15) is 101 Å². The molecule has 3 aliphatic heterocycles. The molecule has 1 unspecified atom stereocenters. The number of aliphatic hydroxyl groups excluding tert-OH is 3. The van der Waals surface area contributed by atoms with E-state index in [1.54, 1.807) is 34.6 Å². The molecule has 0 bridgehead atoms. The maximum atomic E-state index is 14.3. The van der Waals surface area contributed by atoms with Crippen molar-refractivity contribution in [1.82, 2.24) is 9.80 Å². The first-order chi connectivity index (χ1) is 25.4. The molecule has 0 aliphatic carbocycles. The number of hydrogen-bond acceptors (Lipinski definition) is 15. The van der Waals surface area contributed by atoms with E-state index in [-0.39, 0.29) is 37.3 Å². The van der Waals surface area contributed by atoms with Crippen LogP contribution in [0.4, 0.5) is 0 Å². The Labute approximate surface area is 330 Å². The molecule has 3 aliphatic rings. The molecular weight excluding hydrogens is 714 g/mol. The van der Waals surface area contributed by atoms with Gasteiger partial charge in [0.2, 0.25) is 0 Å². The van der Waals surface area contributed by atoms with Crippen molar-refractivity contribution in [2.45, 2.75) is 192 Å². The summed E-state index contributed by atoms with van der Waals surface area (Å²) >= 11 is 0. The van der Waals surface area contributed by atoms with Gasteiger partial charge in [0.15, 0.2) is 12.6 Å². The Morgan fingerprint density at radius 1 is 0.964 bits per heavy atom. The third kappa shape index (κ3) is 11.4. The molecule has 0 saturated carbocycles. The quantitative estimate of drug-likeness (QED) is 0.174. The Morgan fingerprint density at radius 3 is 2.16 bits per heavy atom.